The molecule has 4 nitrogen and oxygen atoms in total. The Hall–Kier alpha value is -3.47. The van der Waals surface area contributed by atoms with Crippen molar-refractivity contribution >= 4 is 46.2 Å². The Morgan fingerprint density at radius 2 is 1.40 bits per heavy atom. The number of halogens is 2. The average molecular weight is 505 g/mol. The van der Waals surface area contributed by atoms with Crippen LogP contribution in [0.2, 0.25) is 10.0 Å². The molecule has 0 aliphatic heterocycles. The summed E-state index contributed by atoms with van der Waals surface area (Å²) in [4.78, 5) is 12.9. The molecule has 2 N–H and O–H groups in total. The van der Waals surface area contributed by atoms with Crippen LogP contribution in [0.1, 0.15) is 17.5 Å². The summed E-state index contributed by atoms with van der Waals surface area (Å²) >= 11 is 12.6. The van der Waals surface area contributed by atoms with Crippen molar-refractivity contribution < 1.29 is 9.53 Å². The molecule has 0 saturated heterocycles. The Labute approximate surface area is 215 Å². The van der Waals surface area contributed by atoms with Crippen molar-refractivity contribution in [3.05, 3.63) is 118 Å². The van der Waals surface area contributed by atoms with E-state index < -0.39 is 0 Å². The van der Waals surface area contributed by atoms with Crippen molar-refractivity contribution in [2.24, 2.45) is 0 Å². The number of ether oxygens (including phenoxy) is 1. The zero-order chi connectivity index (χ0) is 24.5. The zero-order valence-corrected chi connectivity index (χ0v) is 20.7. The van der Waals surface area contributed by atoms with Crippen molar-refractivity contribution in [1.29, 1.82) is 0 Å². The first kappa shape index (κ1) is 24.6. The average Bonchev–Trinajstić information content (AvgIpc) is 2.87. The van der Waals surface area contributed by atoms with E-state index in [1.54, 1.807) is 18.2 Å². The third-order valence-electron chi connectivity index (χ3n) is 5.46. The van der Waals surface area contributed by atoms with Gasteiger partial charge in [-0.3, -0.25) is 4.79 Å². The first-order valence-corrected chi connectivity index (χ1v) is 12.2. The molecule has 4 aromatic carbocycles. The molecular formula is C29H26Cl2N2O2. The van der Waals surface area contributed by atoms with Gasteiger partial charge < -0.3 is 15.4 Å². The smallest absolute Gasteiger partial charge is 0.228 e. The van der Waals surface area contributed by atoms with E-state index in [0.717, 1.165) is 24.1 Å². The van der Waals surface area contributed by atoms with Gasteiger partial charge in [0.25, 0.3) is 0 Å². The second kappa shape index (κ2) is 12.3. The highest BCUT2D eigenvalue weighted by Crippen LogP contribution is 2.34. The number of carbonyl (C=O) groups excluding carboxylic acids is 1. The van der Waals surface area contributed by atoms with E-state index in [9.17, 15) is 4.79 Å². The molecule has 0 atom stereocenters. The SMILES string of the molecule is O=C(Cc1ccccc1Nc1c(Cl)cccc1Cl)Nc1ccccc1OCCCc1ccccc1. The number of nitrogens with one attached hydrogen (secondary N) is 2. The van der Waals surface area contributed by atoms with Crippen molar-refractivity contribution in [3.8, 4) is 5.75 Å². The molecule has 1 amide bonds. The first-order valence-electron chi connectivity index (χ1n) is 11.4. The van der Waals surface area contributed by atoms with Gasteiger partial charge in [-0.25, -0.2) is 0 Å². The Bertz CT molecular complexity index is 1260. The minimum Gasteiger partial charge on any atom is -0.491 e. The van der Waals surface area contributed by atoms with Crippen LogP contribution in [0.4, 0.5) is 17.1 Å². The summed E-state index contributed by atoms with van der Waals surface area (Å²) in [5.74, 6) is 0.507. The lowest BCUT2D eigenvalue weighted by molar-refractivity contribution is -0.115. The monoisotopic (exact) mass is 504 g/mol. The van der Waals surface area contributed by atoms with Crippen molar-refractivity contribution in [2.45, 2.75) is 19.3 Å². The van der Waals surface area contributed by atoms with Gasteiger partial charge in [0.1, 0.15) is 5.75 Å². The molecule has 4 rings (SSSR count). The quantitative estimate of drug-likeness (QED) is 0.215. The van der Waals surface area contributed by atoms with Crippen LogP contribution in [0.3, 0.4) is 0 Å². The maximum Gasteiger partial charge on any atom is 0.228 e. The van der Waals surface area contributed by atoms with Gasteiger partial charge in [-0.2, -0.15) is 0 Å². The summed E-state index contributed by atoms with van der Waals surface area (Å²) < 4.78 is 5.98. The molecule has 0 saturated carbocycles. The van der Waals surface area contributed by atoms with Crippen molar-refractivity contribution in [3.63, 3.8) is 0 Å². The highest BCUT2D eigenvalue weighted by Gasteiger charge is 2.13. The van der Waals surface area contributed by atoms with Gasteiger partial charge in [0, 0.05) is 5.69 Å². The molecule has 0 aliphatic rings. The summed E-state index contributed by atoms with van der Waals surface area (Å²) in [5, 5.41) is 7.28. The molecule has 0 fully saturated rings. The maximum absolute atomic E-state index is 12.9. The number of aryl methyl sites for hydroxylation is 1. The lowest BCUT2D eigenvalue weighted by Crippen LogP contribution is -2.16. The van der Waals surface area contributed by atoms with Gasteiger partial charge in [-0.05, 0) is 54.3 Å². The summed E-state index contributed by atoms with van der Waals surface area (Å²) in [6.07, 6.45) is 2.00. The fraction of sp³-hybridized carbons (Fsp3) is 0.138. The summed E-state index contributed by atoms with van der Waals surface area (Å²) in [6, 6.07) is 30.7. The molecule has 0 bridgehead atoms. The molecule has 178 valence electrons. The molecule has 4 aromatic rings. The third kappa shape index (κ3) is 7.01. The number of carbonyl (C=O) groups is 1. The second-order valence-corrected chi connectivity index (χ2v) is 8.85. The number of hydrogen-bond acceptors (Lipinski definition) is 3. The van der Waals surface area contributed by atoms with Gasteiger partial charge in [0.15, 0.2) is 0 Å². The molecule has 0 radical (unpaired) electrons. The fourth-order valence-electron chi connectivity index (χ4n) is 3.71. The Morgan fingerprint density at radius 3 is 2.17 bits per heavy atom. The zero-order valence-electron chi connectivity index (χ0n) is 19.1. The van der Waals surface area contributed by atoms with Crippen molar-refractivity contribution in [1.82, 2.24) is 0 Å². The van der Waals surface area contributed by atoms with E-state index in [4.69, 9.17) is 27.9 Å². The molecule has 35 heavy (non-hydrogen) atoms. The topological polar surface area (TPSA) is 50.4 Å². The number of anilines is 3. The first-order chi connectivity index (χ1) is 17.1. The van der Waals surface area contributed by atoms with Crippen LogP contribution in [0.25, 0.3) is 0 Å². The van der Waals surface area contributed by atoms with E-state index in [1.165, 1.54) is 5.56 Å². The summed E-state index contributed by atoms with van der Waals surface area (Å²) in [5.41, 5.74) is 4.13. The maximum atomic E-state index is 12.9. The molecule has 0 spiro atoms. The Morgan fingerprint density at radius 1 is 0.743 bits per heavy atom. The number of para-hydroxylation sites is 4. The van der Waals surface area contributed by atoms with Crippen LogP contribution in [0.15, 0.2) is 97.1 Å². The molecule has 6 heteroatoms. The Kier molecular flexibility index (Phi) is 8.66. The summed E-state index contributed by atoms with van der Waals surface area (Å²) in [7, 11) is 0. The molecule has 0 heterocycles. The number of amides is 1. The molecule has 0 aliphatic carbocycles. The predicted octanol–water partition coefficient (Wildman–Crippen LogP) is 7.93. The predicted molar refractivity (Wildman–Crippen MR) is 145 cm³/mol. The third-order valence-corrected chi connectivity index (χ3v) is 6.09. The van der Waals surface area contributed by atoms with Crippen LogP contribution in [-0.2, 0) is 17.6 Å². The second-order valence-electron chi connectivity index (χ2n) is 8.04. The summed E-state index contributed by atoms with van der Waals surface area (Å²) in [6.45, 7) is 0.563. The number of rotatable bonds is 10. The lowest BCUT2D eigenvalue weighted by Gasteiger charge is -2.15. The lowest BCUT2D eigenvalue weighted by atomic mass is 10.1. The van der Waals surface area contributed by atoms with Gasteiger partial charge >= 0.3 is 0 Å². The Balaban J connectivity index is 1.38. The number of benzene rings is 4. The van der Waals surface area contributed by atoms with Gasteiger partial charge in [0.2, 0.25) is 5.91 Å². The minimum absolute atomic E-state index is 0.148. The van der Waals surface area contributed by atoms with E-state index >= 15 is 0 Å². The highest BCUT2D eigenvalue weighted by molar-refractivity contribution is 6.39. The van der Waals surface area contributed by atoms with Crippen LogP contribution in [0, 0.1) is 0 Å². The molecule has 0 unspecified atom stereocenters. The normalized spacial score (nSPS) is 10.6. The van der Waals surface area contributed by atoms with E-state index in [-0.39, 0.29) is 12.3 Å². The van der Waals surface area contributed by atoms with E-state index in [0.29, 0.717) is 33.8 Å². The molecule has 0 aromatic heterocycles. The standard InChI is InChI=1S/C29H26Cl2N2O2/c30-23-14-8-15-24(31)29(23)33-25-16-5-4-13-22(25)20-28(34)32-26-17-6-7-18-27(26)35-19-9-12-21-10-2-1-3-11-21/h1-8,10-11,13-18,33H,9,12,19-20H2,(H,32,34). The van der Waals surface area contributed by atoms with Crippen LogP contribution >= 0.6 is 23.2 Å². The molecular weight excluding hydrogens is 479 g/mol. The van der Waals surface area contributed by atoms with Crippen LogP contribution < -0.4 is 15.4 Å². The fourth-order valence-corrected chi connectivity index (χ4v) is 4.21. The van der Waals surface area contributed by atoms with Gasteiger partial charge in [0.05, 0.1) is 34.4 Å². The minimum atomic E-state index is -0.148. The van der Waals surface area contributed by atoms with E-state index in [2.05, 4.69) is 22.8 Å². The largest absolute Gasteiger partial charge is 0.491 e. The van der Waals surface area contributed by atoms with Gasteiger partial charge in [-0.15, -0.1) is 0 Å². The highest BCUT2D eigenvalue weighted by atomic mass is 35.5. The van der Waals surface area contributed by atoms with E-state index in [1.807, 2.05) is 66.7 Å². The van der Waals surface area contributed by atoms with Crippen molar-refractivity contribution in [2.75, 3.05) is 17.2 Å². The van der Waals surface area contributed by atoms with Crippen LogP contribution in [-0.4, -0.2) is 12.5 Å². The van der Waals surface area contributed by atoms with Gasteiger partial charge in [-0.1, -0.05) is 89.9 Å². The number of hydrogen-bond donors (Lipinski definition) is 2. The van der Waals surface area contributed by atoms with Crippen LogP contribution in [0.5, 0.6) is 5.75 Å².